The molecule has 0 radical (unpaired) electrons. The zero-order valence-corrected chi connectivity index (χ0v) is 10.8. The molecule has 0 aliphatic carbocycles. The van der Waals surface area contributed by atoms with Crippen LogP contribution in [-0.2, 0) is 4.74 Å². The maximum atomic E-state index is 6.06. The number of nitrogens with two attached hydrogens (primary N) is 1. The second-order valence-electron chi connectivity index (χ2n) is 4.36. The number of hydrogen-bond donors (Lipinski definition) is 1. The van der Waals surface area contributed by atoms with Gasteiger partial charge >= 0.3 is 0 Å². The predicted octanol–water partition coefficient (Wildman–Crippen LogP) is 3.23. The average molecular weight is 262 g/mol. The van der Waals surface area contributed by atoms with Gasteiger partial charge < -0.3 is 10.5 Å². The molecule has 0 bridgehead atoms. The van der Waals surface area contributed by atoms with E-state index in [1.165, 1.54) is 16.7 Å². The first kappa shape index (κ1) is 13.1. The standard InChI is InChI=1S/C15H15NO.ClH/c16-14-10-17-15(11-6-2-1-3-7-11)13-9-5-4-8-12(13)14;/h1-9,14-15H,10,16H2;1H. The summed E-state index contributed by atoms with van der Waals surface area (Å²) in [6.45, 7) is 0.580. The lowest BCUT2D eigenvalue weighted by atomic mass is 9.91. The van der Waals surface area contributed by atoms with Crippen molar-refractivity contribution in [3.63, 3.8) is 0 Å². The maximum Gasteiger partial charge on any atom is 0.108 e. The number of halogens is 1. The summed E-state index contributed by atoms with van der Waals surface area (Å²) in [6, 6.07) is 18.5. The first-order chi connectivity index (χ1) is 8.36. The van der Waals surface area contributed by atoms with Crippen LogP contribution in [-0.4, -0.2) is 6.61 Å². The van der Waals surface area contributed by atoms with Crippen molar-refractivity contribution in [2.45, 2.75) is 12.1 Å². The van der Waals surface area contributed by atoms with Crippen molar-refractivity contribution in [2.75, 3.05) is 6.61 Å². The lowest BCUT2D eigenvalue weighted by Crippen LogP contribution is -2.27. The topological polar surface area (TPSA) is 35.2 Å². The van der Waals surface area contributed by atoms with E-state index in [2.05, 4.69) is 24.3 Å². The third kappa shape index (κ3) is 2.27. The molecule has 94 valence electrons. The highest BCUT2D eigenvalue weighted by molar-refractivity contribution is 5.85. The van der Waals surface area contributed by atoms with E-state index in [0.29, 0.717) is 6.61 Å². The molecule has 2 nitrogen and oxygen atoms in total. The van der Waals surface area contributed by atoms with Gasteiger partial charge in [0.1, 0.15) is 6.10 Å². The highest BCUT2D eigenvalue weighted by atomic mass is 35.5. The lowest BCUT2D eigenvalue weighted by Gasteiger charge is -2.30. The van der Waals surface area contributed by atoms with Crippen molar-refractivity contribution in [1.82, 2.24) is 0 Å². The maximum absolute atomic E-state index is 6.06. The van der Waals surface area contributed by atoms with Crippen molar-refractivity contribution < 1.29 is 4.74 Å². The zero-order valence-electron chi connectivity index (χ0n) is 9.95. The first-order valence-electron chi connectivity index (χ1n) is 5.87. The van der Waals surface area contributed by atoms with Crippen molar-refractivity contribution in [3.05, 3.63) is 71.3 Å². The third-order valence-corrected chi connectivity index (χ3v) is 3.22. The normalized spacial score (nSPS) is 21.8. The molecule has 2 aromatic rings. The van der Waals surface area contributed by atoms with Crippen molar-refractivity contribution in [2.24, 2.45) is 5.73 Å². The van der Waals surface area contributed by atoms with E-state index < -0.39 is 0 Å². The van der Waals surface area contributed by atoms with Gasteiger partial charge in [0.05, 0.1) is 12.6 Å². The summed E-state index contributed by atoms with van der Waals surface area (Å²) < 4.78 is 5.88. The summed E-state index contributed by atoms with van der Waals surface area (Å²) in [5.74, 6) is 0. The Balaban J connectivity index is 0.00000120. The molecule has 2 unspecified atom stereocenters. The molecule has 0 amide bonds. The second kappa shape index (κ2) is 5.53. The molecule has 2 atom stereocenters. The fourth-order valence-electron chi connectivity index (χ4n) is 2.37. The van der Waals surface area contributed by atoms with Gasteiger partial charge in [0.15, 0.2) is 0 Å². The molecule has 3 heteroatoms. The Kier molecular flexibility index (Phi) is 4.02. The van der Waals surface area contributed by atoms with Crippen LogP contribution in [0.25, 0.3) is 0 Å². The van der Waals surface area contributed by atoms with Crippen LogP contribution in [0.3, 0.4) is 0 Å². The van der Waals surface area contributed by atoms with E-state index >= 15 is 0 Å². The molecule has 0 spiro atoms. The van der Waals surface area contributed by atoms with Crippen molar-refractivity contribution in [3.8, 4) is 0 Å². The van der Waals surface area contributed by atoms with Gasteiger partial charge in [-0.1, -0.05) is 54.6 Å². The average Bonchev–Trinajstić information content (AvgIpc) is 2.41. The van der Waals surface area contributed by atoms with Gasteiger partial charge in [-0.25, -0.2) is 0 Å². The van der Waals surface area contributed by atoms with Crippen LogP contribution in [0.4, 0.5) is 0 Å². The van der Waals surface area contributed by atoms with E-state index in [4.69, 9.17) is 10.5 Å². The Labute approximate surface area is 113 Å². The Hall–Kier alpha value is -1.35. The minimum Gasteiger partial charge on any atom is -0.367 e. The quantitative estimate of drug-likeness (QED) is 0.855. The van der Waals surface area contributed by atoms with Crippen LogP contribution in [0.2, 0.25) is 0 Å². The first-order valence-corrected chi connectivity index (χ1v) is 5.87. The molecule has 0 aromatic heterocycles. The van der Waals surface area contributed by atoms with Gasteiger partial charge in [-0.15, -0.1) is 12.4 Å². The molecule has 3 rings (SSSR count). The molecule has 1 heterocycles. The van der Waals surface area contributed by atoms with E-state index in [9.17, 15) is 0 Å². The van der Waals surface area contributed by atoms with Gasteiger partial charge in [0.2, 0.25) is 0 Å². The van der Waals surface area contributed by atoms with Gasteiger partial charge in [-0.3, -0.25) is 0 Å². The van der Waals surface area contributed by atoms with Crippen LogP contribution < -0.4 is 5.73 Å². The zero-order chi connectivity index (χ0) is 11.7. The van der Waals surface area contributed by atoms with Gasteiger partial charge in [0.25, 0.3) is 0 Å². The fourth-order valence-corrected chi connectivity index (χ4v) is 2.37. The largest absolute Gasteiger partial charge is 0.367 e. The Morgan fingerprint density at radius 2 is 1.50 bits per heavy atom. The number of fused-ring (bicyclic) bond motifs is 1. The highest BCUT2D eigenvalue weighted by Crippen LogP contribution is 2.35. The molecule has 0 saturated heterocycles. The third-order valence-electron chi connectivity index (χ3n) is 3.22. The molecule has 1 aliphatic rings. The summed E-state index contributed by atoms with van der Waals surface area (Å²) in [6.07, 6.45) is 0.0206. The van der Waals surface area contributed by atoms with Gasteiger partial charge in [0, 0.05) is 0 Å². The van der Waals surface area contributed by atoms with Crippen LogP contribution in [0.15, 0.2) is 54.6 Å². The van der Waals surface area contributed by atoms with Gasteiger partial charge in [-0.2, -0.15) is 0 Å². The summed E-state index contributed by atoms with van der Waals surface area (Å²) in [5.41, 5.74) is 9.64. The van der Waals surface area contributed by atoms with Crippen molar-refractivity contribution in [1.29, 1.82) is 0 Å². The van der Waals surface area contributed by atoms with Crippen LogP contribution in [0.1, 0.15) is 28.8 Å². The number of ether oxygens (including phenoxy) is 1. The highest BCUT2D eigenvalue weighted by Gasteiger charge is 2.26. The number of rotatable bonds is 1. The lowest BCUT2D eigenvalue weighted by molar-refractivity contribution is 0.0543. The summed E-state index contributed by atoms with van der Waals surface area (Å²) in [4.78, 5) is 0. The van der Waals surface area contributed by atoms with Crippen molar-refractivity contribution >= 4 is 12.4 Å². The molecule has 2 aromatic carbocycles. The number of hydrogen-bond acceptors (Lipinski definition) is 2. The predicted molar refractivity (Wildman–Crippen MR) is 74.9 cm³/mol. The van der Waals surface area contributed by atoms with E-state index in [1.54, 1.807) is 0 Å². The minimum atomic E-state index is -0.00818. The smallest absolute Gasteiger partial charge is 0.108 e. The summed E-state index contributed by atoms with van der Waals surface area (Å²) in [5, 5.41) is 0. The van der Waals surface area contributed by atoms with Gasteiger partial charge in [-0.05, 0) is 16.7 Å². The molecular formula is C15H16ClNO. The SMILES string of the molecule is Cl.NC1COC(c2ccccc2)c2ccccc21. The van der Waals surface area contributed by atoms with Crippen LogP contribution >= 0.6 is 12.4 Å². The van der Waals surface area contributed by atoms with Crippen LogP contribution in [0, 0.1) is 0 Å². The van der Waals surface area contributed by atoms with Crippen LogP contribution in [0.5, 0.6) is 0 Å². The number of benzene rings is 2. The molecule has 2 N–H and O–H groups in total. The Morgan fingerprint density at radius 3 is 2.22 bits per heavy atom. The molecule has 0 saturated carbocycles. The van der Waals surface area contributed by atoms with E-state index in [1.807, 2.05) is 30.3 Å². The fraction of sp³-hybridized carbons (Fsp3) is 0.200. The monoisotopic (exact) mass is 261 g/mol. The summed E-state index contributed by atoms with van der Waals surface area (Å²) in [7, 11) is 0. The van der Waals surface area contributed by atoms with E-state index in [0.717, 1.165) is 0 Å². The Bertz CT molecular complexity index is 515. The Morgan fingerprint density at radius 1 is 0.889 bits per heavy atom. The van der Waals surface area contributed by atoms with E-state index in [-0.39, 0.29) is 24.6 Å². The molecule has 0 fully saturated rings. The summed E-state index contributed by atoms with van der Waals surface area (Å²) >= 11 is 0. The molecule has 1 aliphatic heterocycles. The molecular weight excluding hydrogens is 246 g/mol. The minimum absolute atomic E-state index is 0. The second-order valence-corrected chi connectivity index (χ2v) is 4.36. The molecule has 18 heavy (non-hydrogen) atoms.